The summed E-state index contributed by atoms with van der Waals surface area (Å²) in [6, 6.07) is 0. The smallest absolute Gasteiger partial charge is 0.338 e. The minimum atomic E-state index is -1.92. The van der Waals surface area contributed by atoms with Gasteiger partial charge in [0.1, 0.15) is 0 Å². The van der Waals surface area contributed by atoms with E-state index in [0.717, 1.165) is 0 Å². The van der Waals surface area contributed by atoms with E-state index in [2.05, 4.69) is 0 Å². The van der Waals surface area contributed by atoms with Gasteiger partial charge in [-0.3, -0.25) is 9.97 Å². The number of hydrogen-bond donors (Lipinski definition) is 8. The number of nitrogens with one attached hydrogen (secondary N) is 2. The van der Waals surface area contributed by atoms with E-state index in [9.17, 15) is 54.3 Å². The van der Waals surface area contributed by atoms with Gasteiger partial charge in [0.2, 0.25) is 0 Å². The maximum atomic E-state index is 12.4. The SMILES string of the molecule is O=C(O)C(=CC(=C(C(=O)O)C(CCO)=C(CCO)C(=O)O)n1c(=O)[nH]c(=O)[nH]c1=O)CCO. The topological polar surface area (TPSA) is 260 Å². The lowest BCUT2D eigenvalue weighted by Crippen LogP contribution is -2.43. The summed E-state index contributed by atoms with van der Waals surface area (Å²) in [6.07, 6.45) is -1.26. The Morgan fingerprint density at radius 2 is 1.21 bits per heavy atom. The third-order valence-corrected chi connectivity index (χ3v) is 4.17. The van der Waals surface area contributed by atoms with Crippen molar-refractivity contribution in [2.24, 2.45) is 0 Å². The van der Waals surface area contributed by atoms with E-state index in [-0.39, 0.29) is 4.57 Å². The van der Waals surface area contributed by atoms with Gasteiger partial charge in [-0.15, -0.1) is 0 Å². The van der Waals surface area contributed by atoms with Crippen molar-refractivity contribution in [1.82, 2.24) is 14.5 Å². The molecule has 0 amide bonds. The number of carboxylic acids is 3. The molecule has 0 unspecified atom stereocenters. The molecule has 0 fully saturated rings. The molecular weight excluding hydrogens is 450 g/mol. The number of rotatable bonds is 12. The van der Waals surface area contributed by atoms with Gasteiger partial charge in [-0.05, 0) is 18.1 Å². The summed E-state index contributed by atoms with van der Waals surface area (Å²) in [4.78, 5) is 74.9. The van der Waals surface area contributed by atoms with Crippen LogP contribution in [-0.2, 0) is 14.4 Å². The van der Waals surface area contributed by atoms with Gasteiger partial charge in [-0.1, -0.05) is 0 Å². The molecule has 0 bridgehead atoms. The van der Waals surface area contributed by atoms with Gasteiger partial charge in [0, 0.05) is 43.8 Å². The first-order valence-electron chi connectivity index (χ1n) is 9.15. The Balaban J connectivity index is 4.43. The fourth-order valence-corrected chi connectivity index (χ4v) is 2.85. The maximum absolute atomic E-state index is 12.4. The molecule has 0 spiro atoms. The van der Waals surface area contributed by atoms with Gasteiger partial charge in [-0.2, -0.15) is 0 Å². The summed E-state index contributed by atoms with van der Waals surface area (Å²) in [6.45, 7) is -2.28. The molecular formula is C18H21N3O12. The minimum absolute atomic E-state index is 0.0565. The van der Waals surface area contributed by atoms with Gasteiger partial charge in [0.05, 0.1) is 11.3 Å². The van der Waals surface area contributed by atoms with Crippen molar-refractivity contribution < 1.29 is 45.0 Å². The van der Waals surface area contributed by atoms with E-state index in [4.69, 9.17) is 5.11 Å². The second-order valence-electron chi connectivity index (χ2n) is 6.25. The van der Waals surface area contributed by atoms with Crippen LogP contribution in [0.25, 0.3) is 5.70 Å². The second-order valence-corrected chi connectivity index (χ2v) is 6.25. The van der Waals surface area contributed by atoms with E-state index >= 15 is 0 Å². The van der Waals surface area contributed by atoms with E-state index < -0.39 is 102 Å². The number of H-pyrrole nitrogens is 2. The summed E-state index contributed by atoms with van der Waals surface area (Å²) in [7, 11) is 0. The number of nitrogens with zero attached hydrogens (tertiary/aromatic N) is 1. The lowest BCUT2D eigenvalue weighted by molar-refractivity contribution is -0.134. The number of aliphatic hydroxyl groups excluding tert-OH is 3. The van der Waals surface area contributed by atoms with Crippen LogP contribution in [0.15, 0.2) is 42.8 Å². The van der Waals surface area contributed by atoms with Crippen molar-refractivity contribution in [3.05, 3.63) is 59.8 Å². The first-order chi connectivity index (χ1) is 15.5. The molecule has 1 heterocycles. The van der Waals surface area contributed by atoms with Crippen molar-refractivity contribution in [3.63, 3.8) is 0 Å². The van der Waals surface area contributed by atoms with Crippen LogP contribution in [0, 0.1) is 0 Å². The second kappa shape index (κ2) is 12.1. The van der Waals surface area contributed by atoms with Crippen LogP contribution in [0.5, 0.6) is 0 Å². The summed E-state index contributed by atoms with van der Waals surface area (Å²) in [5.41, 5.74) is -8.23. The molecule has 0 saturated heterocycles. The molecule has 0 saturated carbocycles. The number of hydrogen-bond acceptors (Lipinski definition) is 9. The third-order valence-electron chi connectivity index (χ3n) is 4.17. The normalized spacial score (nSPS) is 13.2. The molecule has 0 aliphatic rings. The number of aliphatic hydroxyl groups is 3. The highest BCUT2D eigenvalue weighted by molar-refractivity contribution is 6.04. The zero-order valence-electron chi connectivity index (χ0n) is 16.9. The standard InChI is InChI=1S/C18H21N3O12/c22-4-1-8(13(25)26)7-11(21-17(32)19-16(31)20-18(21)33)12(15(29)30)9(2-5-23)10(3-6-24)14(27)28/h7,22-24H,1-6H2,(H,25,26)(H,27,28)(H,29,30)(H2,19,20,31,32,33). The predicted molar refractivity (Wildman–Crippen MR) is 108 cm³/mol. The van der Waals surface area contributed by atoms with Gasteiger partial charge in [0.25, 0.3) is 0 Å². The molecule has 0 aromatic carbocycles. The van der Waals surface area contributed by atoms with Crippen LogP contribution in [-0.4, -0.2) is 82.9 Å². The molecule has 15 heteroatoms. The zero-order chi connectivity index (χ0) is 25.3. The van der Waals surface area contributed by atoms with Crippen LogP contribution in [0.4, 0.5) is 0 Å². The van der Waals surface area contributed by atoms with Crippen LogP contribution >= 0.6 is 0 Å². The molecule has 0 atom stereocenters. The van der Waals surface area contributed by atoms with E-state index in [1.54, 1.807) is 9.97 Å². The molecule has 8 N–H and O–H groups in total. The van der Waals surface area contributed by atoms with Crippen LogP contribution in [0.2, 0.25) is 0 Å². The van der Waals surface area contributed by atoms with Crippen molar-refractivity contribution in [2.45, 2.75) is 19.3 Å². The molecule has 180 valence electrons. The van der Waals surface area contributed by atoms with Gasteiger partial charge < -0.3 is 30.6 Å². The summed E-state index contributed by atoms with van der Waals surface area (Å²) in [5.74, 6) is -5.28. The van der Waals surface area contributed by atoms with Crippen LogP contribution in [0.1, 0.15) is 19.3 Å². The fraction of sp³-hybridized carbons (Fsp3) is 0.333. The highest BCUT2D eigenvalue weighted by Gasteiger charge is 2.27. The summed E-state index contributed by atoms with van der Waals surface area (Å²) in [5, 5.41) is 56.4. The minimum Gasteiger partial charge on any atom is -0.478 e. The number of allylic oxidation sites excluding steroid dienone is 2. The van der Waals surface area contributed by atoms with Gasteiger partial charge in [0.15, 0.2) is 0 Å². The molecule has 0 aliphatic heterocycles. The number of carbonyl (C=O) groups is 3. The Hall–Kier alpha value is -4.08. The van der Waals surface area contributed by atoms with Crippen molar-refractivity contribution in [1.29, 1.82) is 0 Å². The average molecular weight is 471 g/mol. The third kappa shape index (κ3) is 6.70. The number of aromatic amines is 2. The quantitative estimate of drug-likeness (QED) is 0.112. The lowest BCUT2D eigenvalue weighted by atomic mass is 9.92. The Bertz CT molecular complexity index is 1160. The predicted octanol–water partition coefficient (Wildman–Crippen LogP) is -2.94. The van der Waals surface area contributed by atoms with Crippen LogP contribution < -0.4 is 17.1 Å². The zero-order valence-corrected chi connectivity index (χ0v) is 16.9. The average Bonchev–Trinajstić information content (AvgIpc) is 2.69. The van der Waals surface area contributed by atoms with E-state index in [0.29, 0.717) is 6.08 Å². The molecule has 1 aromatic heterocycles. The summed E-state index contributed by atoms with van der Waals surface area (Å²) >= 11 is 0. The number of carboxylic acid groups (broad SMARTS) is 3. The van der Waals surface area contributed by atoms with Gasteiger partial charge >= 0.3 is 35.0 Å². The molecule has 15 nitrogen and oxygen atoms in total. The molecule has 1 aromatic rings. The van der Waals surface area contributed by atoms with Crippen molar-refractivity contribution in [2.75, 3.05) is 19.8 Å². The first-order valence-corrected chi connectivity index (χ1v) is 9.15. The first kappa shape index (κ1) is 27.0. The van der Waals surface area contributed by atoms with E-state index in [1.807, 2.05) is 0 Å². The maximum Gasteiger partial charge on any atom is 0.338 e. The number of aromatic nitrogens is 3. The Morgan fingerprint density at radius 1 is 0.727 bits per heavy atom. The van der Waals surface area contributed by atoms with Crippen LogP contribution in [0.3, 0.4) is 0 Å². The molecule has 0 radical (unpaired) electrons. The molecule has 33 heavy (non-hydrogen) atoms. The number of aliphatic carboxylic acids is 3. The molecule has 1 rings (SSSR count). The Morgan fingerprint density at radius 3 is 1.61 bits per heavy atom. The largest absolute Gasteiger partial charge is 0.478 e. The van der Waals surface area contributed by atoms with Crippen molar-refractivity contribution in [3.8, 4) is 0 Å². The van der Waals surface area contributed by atoms with E-state index in [1.165, 1.54) is 0 Å². The molecule has 0 aliphatic carbocycles. The van der Waals surface area contributed by atoms with Gasteiger partial charge in [-0.25, -0.2) is 33.3 Å². The fourth-order valence-electron chi connectivity index (χ4n) is 2.85. The van der Waals surface area contributed by atoms with Crippen molar-refractivity contribution >= 4 is 23.6 Å². The highest BCUT2D eigenvalue weighted by Crippen LogP contribution is 2.27. The summed E-state index contributed by atoms with van der Waals surface area (Å²) < 4.78 is 0.0565. The Labute approximate surface area is 182 Å². The highest BCUT2D eigenvalue weighted by atomic mass is 16.4. The lowest BCUT2D eigenvalue weighted by Gasteiger charge is -2.17. The Kier molecular flexibility index (Phi) is 9.87. The monoisotopic (exact) mass is 471 g/mol.